The molecule has 0 atom stereocenters. The third-order valence-corrected chi connectivity index (χ3v) is 4.80. The molecule has 1 amide bonds. The number of methoxy groups -OCH3 is 1. The first kappa shape index (κ1) is 16.9. The third kappa shape index (κ3) is 3.46. The number of rotatable bonds is 4. The molecule has 6 nitrogen and oxygen atoms in total. The van der Waals surface area contributed by atoms with Gasteiger partial charge < -0.3 is 10.5 Å². The van der Waals surface area contributed by atoms with E-state index in [1.165, 1.54) is 11.3 Å². The summed E-state index contributed by atoms with van der Waals surface area (Å²) < 4.78 is 5.15. The molecular formula is C18H18N4O2S. The second-order valence-corrected chi connectivity index (χ2v) is 6.58. The van der Waals surface area contributed by atoms with E-state index in [9.17, 15) is 4.79 Å². The summed E-state index contributed by atoms with van der Waals surface area (Å²) in [5.41, 5.74) is 11.8. The molecule has 0 bridgehead atoms. The standard InChI is InChI=1S/C18H18N4O2S/c1-10-7-11(2)21-18-14(10)15(19)16(25-18)17(23)22-20-9-12-5-4-6-13(8-12)24-3/h4-9H,19H2,1-3H3,(H,22,23)/b20-9-. The molecule has 2 heterocycles. The summed E-state index contributed by atoms with van der Waals surface area (Å²) in [6.45, 7) is 3.88. The number of aromatic nitrogens is 1. The van der Waals surface area contributed by atoms with Crippen LogP contribution in [-0.2, 0) is 0 Å². The number of pyridine rings is 1. The first-order valence-electron chi connectivity index (χ1n) is 7.63. The summed E-state index contributed by atoms with van der Waals surface area (Å²) in [5.74, 6) is 0.373. The molecule has 3 N–H and O–H groups in total. The molecular weight excluding hydrogens is 336 g/mol. The van der Waals surface area contributed by atoms with Crippen LogP contribution in [0.3, 0.4) is 0 Å². The van der Waals surface area contributed by atoms with Crippen LogP contribution in [0.5, 0.6) is 5.75 Å². The van der Waals surface area contributed by atoms with Gasteiger partial charge in [0, 0.05) is 11.1 Å². The Morgan fingerprint density at radius 3 is 2.92 bits per heavy atom. The van der Waals surface area contributed by atoms with E-state index < -0.39 is 0 Å². The predicted octanol–water partition coefficient (Wildman–Crippen LogP) is 3.27. The van der Waals surface area contributed by atoms with Gasteiger partial charge in [-0.15, -0.1) is 11.3 Å². The van der Waals surface area contributed by atoms with Crippen LogP contribution in [0, 0.1) is 13.8 Å². The van der Waals surface area contributed by atoms with Crippen LogP contribution in [-0.4, -0.2) is 24.2 Å². The molecule has 0 fully saturated rings. The largest absolute Gasteiger partial charge is 0.497 e. The van der Waals surface area contributed by atoms with Gasteiger partial charge in [-0.05, 0) is 43.2 Å². The number of nitrogen functional groups attached to an aromatic ring is 1. The number of hydrogen-bond acceptors (Lipinski definition) is 6. The molecule has 25 heavy (non-hydrogen) atoms. The lowest BCUT2D eigenvalue weighted by Gasteiger charge is -2.01. The maximum atomic E-state index is 12.4. The number of benzene rings is 1. The lowest BCUT2D eigenvalue weighted by Crippen LogP contribution is -2.17. The van der Waals surface area contributed by atoms with Crippen molar-refractivity contribution in [3.05, 3.63) is 52.0 Å². The summed E-state index contributed by atoms with van der Waals surface area (Å²) in [6, 6.07) is 9.32. The van der Waals surface area contributed by atoms with Crippen LogP contribution >= 0.6 is 11.3 Å². The minimum Gasteiger partial charge on any atom is -0.497 e. The number of hydrazone groups is 1. The van der Waals surface area contributed by atoms with Gasteiger partial charge in [-0.25, -0.2) is 10.4 Å². The number of nitrogens with one attached hydrogen (secondary N) is 1. The highest BCUT2D eigenvalue weighted by Crippen LogP contribution is 2.34. The van der Waals surface area contributed by atoms with Gasteiger partial charge in [0.05, 0.1) is 19.0 Å². The van der Waals surface area contributed by atoms with Gasteiger partial charge >= 0.3 is 0 Å². The monoisotopic (exact) mass is 354 g/mol. The van der Waals surface area contributed by atoms with E-state index in [-0.39, 0.29) is 5.91 Å². The Bertz CT molecular complexity index is 979. The Balaban J connectivity index is 1.81. The smallest absolute Gasteiger partial charge is 0.283 e. The second-order valence-electron chi connectivity index (χ2n) is 5.58. The van der Waals surface area contributed by atoms with E-state index >= 15 is 0 Å². The molecule has 0 unspecified atom stereocenters. The molecule has 3 aromatic rings. The van der Waals surface area contributed by atoms with Crippen LogP contribution < -0.4 is 15.9 Å². The van der Waals surface area contributed by atoms with Crippen molar-refractivity contribution in [1.82, 2.24) is 10.4 Å². The molecule has 2 aromatic heterocycles. The van der Waals surface area contributed by atoms with Gasteiger partial charge in [-0.3, -0.25) is 4.79 Å². The zero-order valence-corrected chi connectivity index (χ0v) is 15.0. The quantitative estimate of drug-likeness (QED) is 0.556. The van der Waals surface area contributed by atoms with Crippen molar-refractivity contribution in [2.24, 2.45) is 5.10 Å². The van der Waals surface area contributed by atoms with Crippen LogP contribution in [0.1, 0.15) is 26.5 Å². The number of nitrogens with zero attached hydrogens (tertiary/aromatic N) is 2. The van der Waals surface area contributed by atoms with Crippen molar-refractivity contribution in [3.63, 3.8) is 0 Å². The highest BCUT2D eigenvalue weighted by atomic mass is 32.1. The Morgan fingerprint density at radius 2 is 2.16 bits per heavy atom. The van der Waals surface area contributed by atoms with Crippen molar-refractivity contribution in [3.8, 4) is 5.75 Å². The lowest BCUT2D eigenvalue weighted by molar-refractivity contribution is 0.0960. The number of thiophene rings is 1. The lowest BCUT2D eigenvalue weighted by atomic mass is 10.1. The van der Waals surface area contributed by atoms with Crippen LogP contribution in [0.2, 0.25) is 0 Å². The Hall–Kier alpha value is -2.93. The predicted molar refractivity (Wildman–Crippen MR) is 102 cm³/mol. The normalized spacial score (nSPS) is 11.2. The average molecular weight is 354 g/mol. The van der Waals surface area contributed by atoms with Gasteiger partial charge in [0.15, 0.2) is 0 Å². The number of carbonyl (C=O) groups is 1. The van der Waals surface area contributed by atoms with E-state index in [1.807, 2.05) is 44.2 Å². The molecule has 0 radical (unpaired) electrons. The zero-order chi connectivity index (χ0) is 18.0. The molecule has 0 aliphatic rings. The zero-order valence-electron chi connectivity index (χ0n) is 14.2. The molecule has 0 saturated carbocycles. The molecule has 0 saturated heterocycles. The van der Waals surface area contributed by atoms with Gasteiger partial charge in [0.2, 0.25) is 0 Å². The number of ether oxygens (including phenoxy) is 1. The maximum absolute atomic E-state index is 12.4. The summed E-state index contributed by atoms with van der Waals surface area (Å²) in [4.78, 5) is 18.0. The first-order chi connectivity index (χ1) is 12.0. The second kappa shape index (κ2) is 6.90. The van der Waals surface area contributed by atoms with Crippen LogP contribution in [0.15, 0.2) is 35.4 Å². The molecule has 1 aromatic carbocycles. The number of carbonyl (C=O) groups excluding carboxylic acids is 1. The third-order valence-electron chi connectivity index (χ3n) is 3.70. The SMILES string of the molecule is COc1cccc(/C=N\NC(=O)c2sc3nc(C)cc(C)c3c2N)c1. The highest BCUT2D eigenvalue weighted by molar-refractivity contribution is 7.21. The molecule has 0 spiro atoms. The van der Waals surface area contributed by atoms with Crippen LogP contribution in [0.4, 0.5) is 5.69 Å². The molecule has 7 heteroatoms. The fraction of sp³-hybridized carbons (Fsp3) is 0.167. The van der Waals surface area contributed by atoms with Gasteiger partial charge in [-0.2, -0.15) is 5.10 Å². The van der Waals surface area contributed by atoms with E-state index in [0.29, 0.717) is 10.6 Å². The molecule has 3 rings (SSSR count). The van der Waals surface area contributed by atoms with Crippen molar-refractivity contribution >= 4 is 39.4 Å². The highest BCUT2D eigenvalue weighted by Gasteiger charge is 2.18. The van der Waals surface area contributed by atoms with E-state index in [1.54, 1.807) is 13.3 Å². The minimum absolute atomic E-state index is 0.350. The van der Waals surface area contributed by atoms with Crippen molar-refractivity contribution in [1.29, 1.82) is 0 Å². The fourth-order valence-electron chi connectivity index (χ4n) is 2.58. The number of hydrogen-bond donors (Lipinski definition) is 2. The van der Waals surface area contributed by atoms with Gasteiger partial charge in [-0.1, -0.05) is 12.1 Å². The minimum atomic E-state index is -0.350. The summed E-state index contributed by atoms with van der Waals surface area (Å²) in [5, 5.41) is 4.83. The Labute approximate surface area is 149 Å². The molecule has 0 aliphatic heterocycles. The summed E-state index contributed by atoms with van der Waals surface area (Å²) >= 11 is 1.27. The van der Waals surface area contributed by atoms with E-state index in [2.05, 4.69) is 15.5 Å². The summed E-state index contributed by atoms with van der Waals surface area (Å²) in [7, 11) is 1.60. The van der Waals surface area contributed by atoms with Gasteiger partial charge in [0.25, 0.3) is 5.91 Å². The maximum Gasteiger partial charge on any atom is 0.283 e. The Kier molecular flexibility index (Phi) is 4.67. The number of aryl methyl sites for hydroxylation is 2. The fourth-order valence-corrected chi connectivity index (χ4v) is 3.68. The van der Waals surface area contributed by atoms with Crippen molar-refractivity contribution in [2.45, 2.75) is 13.8 Å². The summed E-state index contributed by atoms with van der Waals surface area (Å²) in [6.07, 6.45) is 1.55. The molecule has 128 valence electrons. The van der Waals surface area contributed by atoms with Gasteiger partial charge in [0.1, 0.15) is 15.5 Å². The first-order valence-corrected chi connectivity index (χ1v) is 8.45. The number of nitrogens with two attached hydrogens (primary N) is 1. The van der Waals surface area contributed by atoms with Crippen molar-refractivity contribution in [2.75, 3.05) is 12.8 Å². The number of fused-ring (bicyclic) bond motifs is 1. The van der Waals surface area contributed by atoms with E-state index in [0.717, 1.165) is 32.8 Å². The van der Waals surface area contributed by atoms with Crippen LogP contribution in [0.25, 0.3) is 10.2 Å². The van der Waals surface area contributed by atoms with Crippen molar-refractivity contribution < 1.29 is 9.53 Å². The topological polar surface area (TPSA) is 89.6 Å². The van der Waals surface area contributed by atoms with E-state index in [4.69, 9.17) is 10.5 Å². The molecule has 0 aliphatic carbocycles. The average Bonchev–Trinajstić information content (AvgIpc) is 2.91. The Morgan fingerprint density at radius 1 is 1.36 bits per heavy atom. The number of amides is 1. The number of anilines is 1.